The smallest absolute Gasteiger partial charge is 0.250 e. The number of para-hydroxylation sites is 2. The second-order valence-electron chi connectivity index (χ2n) is 6.81. The monoisotopic (exact) mass is 408 g/mol. The van der Waals surface area contributed by atoms with Crippen molar-refractivity contribution in [1.82, 2.24) is 25.1 Å². The number of piperazine rings is 1. The molecule has 156 valence electrons. The molecule has 0 unspecified atom stereocenters. The Kier molecular flexibility index (Phi) is 6.51. The van der Waals surface area contributed by atoms with E-state index in [0.717, 1.165) is 11.4 Å². The van der Waals surface area contributed by atoms with Crippen molar-refractivity contribution in [2.75, 3.05) is 50.9 Å². The van der Waals surface area contributed by atoms with Crippen LogP contribution in [0.25, 0.3) is 5.69 Å². The van der Waals surface area contributed by atoms with E-state index in [4.69, 9.17) is 9.47 Å². The molecule has 0 saturated carbocycles. The van der Waals surface area contributed by atoms with Gasteiger partial charge >= 0.3 is 0 Å². The van der Waals surface area contributed by atoms with Gasteiger partial charge in [-0.3, -0.25) is 4.79 Å². The number of hydrogen-bond donors (Lipinski definition) is 0. The van der Waals surface area contributed by atoms with Crippen LogP contribution in [0.4, 0.5) is 5.95 Å². The molecule has 1 aliphatic rings. The van der Waals surface area contributed by atoms with Crippen molar-refractivity contribution in [3.8, 4) is 11.4 Å². The van der Waals surface area contributed by atoms with Gasteiger partial charge in [0.25, 0.3) is 0 Å². The molecule has 1 aliphatic heterocycles. The maximum absolute atomic E-state index is 12.4. The fourth-order valence-electron chi connectivity index (χ4n) is 3.26. The van der Waals surface area contributed by atoms with Gasteiger partial charge in [-0.05, 0) is 34.7 Å². The van der Waals surface area contributed by atoms with E-state index in [-0.39, 0.29) is 12.5 Å². The highest BCUT2D eigenvalue weighted by molar-refractivity contribution is 5.77. The summed E-state index contributed by atoms with van der Waals surface area (Å²) in [4.78, 5) is 16.3. The summed E-state index contributed by atoms with van der Waals surface area (Å²) < 4.78 is 12.8. The second-order valence-corrected chi connectivity index (χ2v) is 6.81. The number of hydrogen-bond acceptors (Lipinski definition) is 7. The van der Waals surface area contributed by atoms with Crippen LogP contribution in [-0.2, 0) is 9.53 Å². The molecule has 1 aromatic heterocycles. The topological polar surface area (TPSA) is 85.6 Å². The van der Waals surface area contributed by atoms with Crippen LogP contribution in [0.2, 0.25) is 0 Å². The predicted octanol–water partition coefficient (Wildman–Crippen LogP) is 1.41. The van der Waals surface area contributed by atoms with Gasteiger partial charge in [0.2, 0.25) is 11.9 Å². The Morgan fingerprint density at radius 3 is 2.33 bits per heavy atom. The van der Waals surface area contributed by atoms with E-state index in [1.807, 2.05) is 65.6 Å². The molecule has 2 aromatic carbocycles. The summed E-state index contributed by atoms with van der Waals surface area (Å²) in [6.45, 7) is 3.36. The number of carbonyl (C=O) groups is 1. The molecular weight excluding hydrogens is 384 g/mol. The van der Waals surface area contributed by atoms with Crippen LogP contribution in [0.5, 0.6) is 5.75 Å². The fourth-order valence-corrected chi connectivity index (χ4v) is 3.26. The van der Waals surface area contributed by atoms with Crippen LogP contribution in [0.1, 0.15) is 0 Å². The first-order valence-corrected chi connectivity index (χ1v) is 9.93. The molecule has 4 rings (SSSR count). The number of rotatable bonds is 8. The van der Waals surface area contributed by atoms with Crippen molar-refractivity contribution >= 4 is 11.9 Å². The third kappa shape index (κ3) is 4.93. The summed E-state index contributed by atoms with van der Waals surface area (Å²) in [5, 5.41) is 12.1. The lowest BCUT2D eigenvalue weighted by atomic mass is 10.3. The molecule has 30 heavy (non-hydrogen) atoms. The highest BCUT2D eigenvalue weighted by Gasteiger charge is 2.24. The summed E-state index contributed by atoms with van der Waals surface area (Å²) in [6.07, 6.45) is 0. The van der Waals surface area contributed by atoms with Gasteiger partial charge in [-0.2, -0.15) is 4.68 Å². The minimum atomic E-state index is -0.0167. The first-order chi connectivity index (χ1) is 14.8. The van der Waals surface area contributed by atoms with E-state index in [1.54, 1.807) is 4.68 Å². The first-order valence-electron chi connectivity index (χ1n) is 9.93. The average Bonchev–Trinajstić information content (AvgIpc) is 3.30. The maximum Gasteiger partial charge on any atom is 0.250 e. The molecule has 0 spiro atoms. The van der Waals surface area contributed by atoms with E-state index >= 15 is 0 Å². The lowest BCUT2D eigenvalue weighted by Gasteiger charge is -2.34. The largest absolute Gasteiger partial charge is 0.491 e. The highest BCUT2D eigenvalue weighted by Crippen LogP contribution is 2.17. The number of aromatic nitrogens is 4. The number of ether oxygens (including phenoxy) is 2. The van der Waals surface area contributed by atoms with Crippen LogP contribution < -0.4 is 9.64 Å². The molecule has 0 bridgehead atoms. The van der Waals surface area contributed by atoms with Gasteiger partial charge in [0.1, 0.15) is 19.0 Å². The molecule has 1 fully saturated rings. The zero-order valence-corrected chi connectivity index (χ0v) is 16.6. The van der Waals surface area contributed by atoms with Crippen molar-refractivity contribution in [1.29, 1.82) is 0 Å². The maximum atomic E-state index is 12.4. The zero-order valence-electron chi connectivity index (χ0n) is 16.6. The van der Waals surface area contributed by atoms with Crippen LogP contribution in [0.3, 0.4) is 0 Å². The van der Waals surface area contributed by atoms with Crippen LogP contribution >= 0.6 is 0 Å². The normalized spacial score (nSPS) is 14.0. The number of nitrogens with zero attached hydrogens (tertiary/aromatic N) is 6. The molecule has 3 aromatic rings. The van der Waals surface area contributed by atoms with Crippen molar-refractivity contribution in [3.05, 3.63) is 60.7 Å². The Labute approximate surface area is 174 Å². The predicted molar refractivity (Wildman–Crippen MR) is 111 cm³/mol. The molecule has 0 radical (unpaired) electrons. The standard InChI is InChI=1S/C21H24N6O3/c28-20(17-29-15-16-30-19-9-5-2-6-10-19)25-11-13-26(14-12-25)21-22-23-24-27(21)18-7-3-1-4-8-18/h1-10H,11-17H2. The SMILES string of the molecule is O=C(COCCOc1ccccc1)N1CCN(c2nnnn2-c2ccccc2)CC1. The quantitative estimate of drug-likeness (QED) is 0.521. The Hall–Kier alpha value is -3.46. The van der Waals surface area contributed by atoms with E-state index in [0.29, 0.717) is 45.3 Å². The van der Waals surface area contributed by atoms with E-state index < -0.39 is 0 Å². The lowest BCUT2D eigenvalue weighted by Crippen LogP contribution is -2.50. The fraction of sp³-hybridized carbons (Fsp3) is 0.333. The summed E-state index contributed by atoms with van der Waals surface area (Å²) in [7, 11) is 0. The first kappa shape index (κ1) is 19.8. The van der Waals surface area contributed by atoms with Gasteiger partial charge in [-0.25, -0.2) is 0 Å². The van der Waals surface area contributed by atoms with Crippen molar-refractivity contribution in [3.63, 3.8) is 0 Å². The van der Waals surface area contributed by atoms with Gasteiger partial charge in [-0.15, -0.1) is 0 Å². The van der Waals surface area contributed by atoms with E-state index in [2.05, 4.69) is 20.4 Å². The van der Waals surface area contributed by atoms with Crippen LogP contribution in [0, 0.1) is 0 Å². The molecule has 1 saturated heterocycles. The van der Waals surface area contributed by atoms with Gasteiger partial charge < -0.3 is 19.3 Å². The summed E-state index contributed by atoms with van der Waals surface area (Å²) >= 11 is 0. The third-order valence-corrected chi connectivity index (χ3v) is 4.83. The summed E-state index contributed by atoms with van der Waals surface area (Å²) in [5.41, 5.74) is 0.905. The van der Waals surface area contributed by atoms with Crippen LogP contribution in [-0.4, -0.2) is 77.0 Å². The lowest BCUT2D eigenvalue weighted by molar-refractivity contribution is -0.136. The number of carbonyl (C=O) groups excluding carboxylic acids is 1. The molecule has 0 aliphatic carbocycles. The van der Waals surface area contributed by atoms with Crippen molar-refractivity contribution in [2.24, 2.45) is 0 Å². The minimum Gasteiger partial charge on any atom is -0.491 e. The highest BCUT2D eigenvalue weighted by atomic mass is 16.5. The second kappa shape index (κ2) is 9.84. The number of amides is 1. The van der Waals surface area contributed by atoms with Crippen LogP contribution in [0.15, 0.2) is 60.7 Å². The molecular formula is C21H24N6O3. The Bertz CT molecular complexity index is 926. The number of anilines is 1. The van der Waals surface area contributed by atoms with Crippen molar-refractivity contribution < 1.29 is 14.3 Å². The Balaban J connectivity index is 1.20. The summed E-state index contributed by atoms with van der Waals surface area (Å²) in [5.74, 6) is 1.46. The van der Waals surface area contributed by atoms with E-state index in [1.165, 1.54) is 0 Å². The molecule has 1 amide bonds. The molecule has 9 heteroatoms. The minimum absolute atomic E-state index is 0.0167. The summed E-state index contributed by atoms with van der Waals surface area (Å²) in [6, 6.07) is 19.3. The molecule has 0 atom stereocenters. The van der Waals surface area contributed by atoms with Gasteiger partial charge in [0.05, 0.1) is 12.3 Å². The van der Waals surface area contributed by atoms with E-state index in [9.17, 15) is 4.79 Å². The van der Waals surface area contributed by atoms with Gasteiger partial charge in [-0.1, -0.05) is 41.5 Å². The number of benzene rings is 2. The molecule has 9 nitrogen and oxygen atoms in total. The zero-order chi connectivity index (χ0) is 20.6. The number of tetrazole rings is 1. The van der Waals surface area contributed by atoms with Crippen molar-refractivity contribution in [2.45, 2.75) is 0 Å². The molecule has 0 N–H and O–H groups in total. The average molecular weight is 408 g/mol. The Morgan fingerprint density at radius 1 is 0.900 bits per heavy atom. The van der Waals surface area contributed by atoms with Gasteiger partial charge in [0, 0.05) is 26.2 Å². The third-order valence-electron chi connectivity index (χ3n) is 4.83. The Morgan fingerprint density at radius 2 is 1.60 bits per heavy atom. The molecule has 2 heterocycles. The van der Waals surface area contributed by atoms with Gasteiger partial charge in [0.15, 0.2) is 0 Å².